The second kappa shape index (κ2) is 8.83. The van der Waals surface area contributed by atoms with E-state index in [0.29, 0.717) is 38.3 Å². The van der Waals surface area contributed by atoms with Crippen molar-refractivity contribution in [2.24, 2.45) is 0 Å². The topological polar surface area (TPSA) is 62.8 Å². The number of rotatable bonds is 4. The molecule has 0 aliphatic carbocycles. The molecule has 0 spiro atoms. The highest BCUT2D eigenvalue weighted by Gasteiger charge is 2.34. The molecule has 2 aromatic rings. The molecule has 1 aromatic heterocycles. The number of aromatic nitrogens is 2. The molecule has 7 nitrogen and oxygen atoms in total. The van der Waals surface area contributed by atoms with Crippen LogP contribution in [0.15, 0.2) is 24.4 Å². The molecule has 1 N–H and O–H groups in total. The highest BCUT2D eigenvalue weighted by Crippen LogP contribution is 2.34. The molecule has 0 saturated carbocycles. The molecule has 0 amide bonds. The maximum Gasteiger partial charge on any atom is 0.420 e. The van der Waals surface area contributed by atoms with E-state index >= 15 is 0 Å². The van der Waals surface area contributed by atoms with E-state index < -0.39 is 16.9 Å². The van der Waals surface area contributed by atoms with Gasteiger partial charge in [-0.15, -0.1) is 0 Å². The fourth-order valence-electron chi connectivity index (χ4n) is 3.42. The second-order valence-electron chi connectivity index (χ2n) is 6.96. The highest BCUT2D eigenvalue weighted by atomic mass is 35.5. The smallest absolute Gasteiger partial charge is 0.378 e. The summed E-state index contributed by atoms with van der Waals surface area (Å²) in [5, 5.41) is 2.35. The Hall–Kier alpha value is -2.30. The second-order valence-corrected chi connectivity index (χ2v) is 7.32. The van der Waals surface area contributed by atoms with E-state index in [1.807, 2.05) is 12.1 Å². The summed E-state index contributed by atoms with van der Waals surface area (Å²) in [4.78, 5) is 12.0. The van der Waals surface area contributed by atoms with Crippen molar-refractivity contribution in [3.05, 3.63) is 35.1 Å². The Labute approximate surface area is 176 Å². The molecule has 2 aliphatic rings. The van der Waals surface area contributed by atoms with Crippen LogP contribution in [0.2, 0.25) is 5.15 Å². The molecule has 30 heavy (non-hydrogen) atoms. The van der Waals surface area contributed by atoms with E-state index in [2.05, 4.69) is 31.2 Å². The van der Waals surface area contributed by atoms with Gasteiger partial charge in [-0.1, -0.05) is 11.6 Å². The zero-order chi connectivity index (χ0) is 21.1. The first-order chi connectivity index (χ1) is 14.4. The molecule has 2 aliphatic heterocycles. The molecule has 0 radical (unpaired) electrons. The number of ether oxygens (including phenoxy) is 2. The molecule has 2 fully saturated rings. The largest absolute Gasteiger partial charge is 0.420 e. The Bertz CT molecular complexity index is 851. The van der Waals surface area contributed by atoms with Crippen LogP contribution in [0.25, 0.3) is 0 Å². The standard InChI is InChI=1S/C19H21ClF3N5O2/c20-17-16(19(21,22)23)12-24-18(26-17)25-13-9-14(27-1-5-29-6-2-27)11-15(10-13)28-3-7-30-8-4-28/h9-12H,1-8H2,(H,24,25,26). The average Bonchev–Trinajstić information content (AvgIpc) is 2.74. The highest BCUT2D eigenvalue weighted by molar-refractivity contribution is 6.30. The van der Waals surface area contributed by atoms with Gasteiger partial charge < -0.3 is 24.6 Å². The molecule has 3 heterocycles. The molecule has 1 aromatic carbocycles. The van der Waals surface area contributed by atoms with Gasteiger partial charge in [-0.05, 0) is 18.2 Å². The van der Waals surface area contributed by atoms with Gasteiger partial charge in [0.15, 0.2) is 0 Å². The lowest BCUT2D eigenvalue weighted by Gasteiger charge is -2.33. The van der Waals surface area contributed by atoms with Crippen LogP contribution in [-0.2, 0) is 15.7 Å². The lowest BCUT2D eigenvalue weighted by Crippen LogP contribution is -2.38. The van der Waals surface area contributed by atoms with Crippen LogP contribution in [0.5, 0.6) is 0 Å². The van der Waals surface area contributed by atoms with Crippen molar-refractivity contribution < 1.29 is 22.6 Å². The van der Waals surface area contributed by atoms with Crippen LogP contribution >= 0.6 is 11.6 Å². The number of anilines is 4. The first-order valence-corrected chi connectivity index (χ1v) is 9.95. The zero-order valence-electron chi connectivity index (χ0n) is 16.1. The summed E-state index contributed by atoms with van der Waals surface area (Å²) in [5.41, 5.74) is 1.58. The van der Waals surface area contributed by atoms with Crippen LogP contribution < -0.4 is 15.1 Å². The quantitative estimate of drug-likeness (QED) is 0.725. The molecule has 162 valence electrons. The van der Waals surface area contributed by atoms with Gasteiger partial charge in [-0.2, -0.15) is 13.2 Å². The van der Waals surface area contributed by atoms with Crippen molar-refractivity contribution in [2.45, 2.75) is 6.18 Å². The molecule has 0 bridgehead atoms. The number of halogens is 4. The van der Waals surface area contributed by atoms with Crippen molar-refractivity contribution in [1.82, 2.24) is 9.97 Å². The first kappa shape index (κ1) is 21.0. The fourth-order valence-corrected chi connectivity index (χ4v) is 3.65. The van der Waals surface area contributed by atoms with E-state index in [0.717, 1.165) is 37.6 Å². The van der Waals surface area contributed by atoms with Crippen LogP contribution in [0, 0.1) is 0 Å². The van der Waals surface area contributed by atoms with E-state index in [9.17, 15) is 13.2 Å². The third kappa shape index (κ3) is 4.88. The Morgan fingerprint density at radius 1 is 0.900 bits per heavy atom. The van der Waals surface area contributed by atoms with Crippen molar-refractivity contribution in [3.63, 3.8) is 0 Å². The summed E-state index contributed by atoms with van der Waals surface area (Å²) >= 11 is 5.73. The fraction of sp³-hybridized carbons (Fsp3) is 0.474. The maximum absolute atomic E-state index is 12.9. The lowest BCUT2D eigenvalue weighted by atomic mass is 10.2. The number of nitrogens with one attached hydrogen (secondary N) is 1. The number of nitrogens with zero attached hydrogens (tertiary/aromatic N) is 4. The van der Waals surface area contributed by atoms with Gasteiger partial charge in [0.25, 0.3) is 0 Å². The summed E-state index contributed by atoms with van der Waals surface area (Å²) in [6, 6.07) is 5.94. The van der Waals surface area contributed by atoms with Gasteiger partial charge in [0.05, 0.1) is 26.4 Å². The van der Waals surface area contributed by atoms with Gasteiger partial charge >= 0.3 is 6.18 Å². The third-order valence-electron chi connectivity index (χ3n) is 4.96. The van der Waals surface area contributed by atoms with E-state index in [-0.39, 0.29) is 5.95 Å². The normalized spacial score (nSPS) is 17.9. The molecular formula is C19H21ClF3N5O2. The number of morpholine rings is 2. The molecular weight excluding hydrogens is 423 g/mol. The molecule has 11 heteroatoms. The Morgan fingerprint density at radius 3 is 1.90 bits per heavy atom. The van der Waals surface area contributed by atoms with E-state index in [1.165, 1.54) is 0 Å². The average molecular weight is 444 g/mol. The minimum absolute atomic E-state index is 0.0000509. The van der Waals surface area contributed by atoms with Crippen LogP contribution in [0.3, 0.4) is 0 Å². The van der Waals surface area contributed by atoms with Gasteiger partial charge in [0.2, 0.25) is 5.95 Å². The molecule has 4 rings (SSSR count). The Kier molecular flexibility index (Phi) is 6.16. The predicted molar refractivity (Wildman–Crippen MR) is 108 cm³/mol. The molecule has 0 unspecified atom stereocenters. The van der Waals surface area contributed by atoms with Crippen molar-refractivity contribution in [1.29, 1.82) is 0 Å². The van der Waals surface area contributed by atoms with E-state index in [1.54, 1.807) is 0 Å². The SMILES string of the molecule is FC(F)(F)c1cnc(Nc2cc(N3CCOCC3)cc(N3CCOCC3)c2)nc1Cl. The number of hydrogen-bond acceptors (Lipinski definition) is 7. The Morgan fingerprint density at radius 2 is 1.43 bits per heavy atom. The van der Waals surface area contributed by atoms with Crippen molar-refractivity contribution in [2.75, 3.05) is 67.7 Å². The van der Waals surface area contributed by atoms with Crippen molar-refractivity contribution >= 4 is 34.6 Å². The number of alkyl halides is 3. The Balaban J connectivity index is 1.63. The minimum Gasteiger partial charge on any atom is -0.378 e. The summed E-state index contributed by atoms with van der Waals surface area (Å²) < 4.78 is 49.6. The predicted octanol–water partition coefficient (Wildman–Crippen LogP) is 3.57. The van der Waals surface area contributed by atoms with Gasteiger partial charge in [0, 0.05) is 49.4 Å². The van der Waals surface area contributed by atoms with Crippen LogP contribution in [-0.4, -0.2) is 62.6 Å². The summed E-state index contributed by atoms with van der Waals surface area (Å²) in [5.74, 6) is 0.0000509. The first-order valence-electron chi connectivity index (χ1n) is 9.57. The third-order valence-corrected chi connectivity index (χ3v) is 5.25. The molecule has 0 atom stereocenters. The minimum atomic E-state index is -4.60. The zero-order valence-corrected chi connectivity index (χ0v) is 16.8. The van der Waals surface area contributed by atoms with Crippen LogP contribution in [0.1, 0.15) is 5.56 Å². The number of hydrogen-bond donors (Lipinski definition) is 1. The monoisotopic (exact) mass is 443 g/mol. The van der Waals surface area contributed by atoms with Gasteiger partial charge in [-0.3, -0.25) is 0 Å². The summed E-state index contributed by atoms with van der Waals surface area (Å²) in [6.45, 7) is 5.60. The summed E-state index contributed by atoms with van der Waals surface area (Å²) in [7, 11) is 0. The van der Waals surface area contributed by atoms with E-state index in [4.69, 9.17) is 21.1 Å². The van der Waals surface area contributed by atoms with Crippen molar-refractivity contribution in [3.8, 4) is 0 Å². The van der Waals surface area contributed by atoms with Crippen LogP contribution in [0.4, 0.5) is 36.2 Å². The van der Waals surface area contributed by atoms with Gasteiger partial charge in [0.1, 0.15) is 10.7 Å². The lowest BCUT2D eigenvalue weighted by molar-refractivity contribution is -0.137. The molecule has 2 saturated heterocycles. The van der Waals surface area contributed by atoms with Gasteiger partial charge in [-0.25, -0.2) is 9.97 Å². The number of benzene rings is 1. The maximum atomic E-state index is 12.9. The summed E-state index contributed by atoms with van der Waals surface area (Å²) in [6.07, 6.45) is -3.91.